The first-order valence-corrected chi connectivity index (χ1v) is 9.06. The molecule has 0 spiro atoms. The van der Waals surface area contributed by atoms with E-state index in [1.807, 2.05) is 50.2 Å². The molecule has 0 aliphatic carbocycles. The first kappa shape index (κ1) is 20.6. The van der Waals surface area contributed by atoms with Crippen LogP contribution in [0.4, 0.5) is 18.9 Å². The maximum absolute atomic E-state index is 13.1. The highest BCUT2D eigenvalue weighted by molar-refractivity contribution is 6.06. The van der Waals surface area contributed by atoms with E-state index in [1.165, 1.54) is 0 Å². The SMILES string of the molecule is Cc1cc(C)c2c(c1)C(C/C=C(/C(=O)O)C(F)(F)F)C(=O)N2Cc1ccccc1. The quantitative estimate of drug-likeness (QED) is 0.723. The van der Waals surface area contributed by atoms with Crippen LogP contribution in [0.15, 0.2) is 54.1 Å². The Balaban J connectivity index is 2.01. The van der Waals surface area contributed by atoms with Crippen LogP contribution in [0.2, 0.25) is 0 Å². The molecule has 0 fully saturated rings. The predicted octanol–water partition coefficient (Wildman–Crippen LogP) is 4.90. The van der Waals surface area contributed by atoms with Gasteiger partial charge in [0.15, 0.2) is 0 Å². The molecule has 29 heavy (non-hydrogen) atoms. The van der Waals surface area contributed by atoms with Crippen LogP contribution < -0.4 is 4.90 Å². The predicted molar refractivity (Wildman–Crippen MR) is 103 cm³/mol. The van der Waals surface area contributed by atoms with E-state index in [1.54, 1.807) is 11.0 Å². The Morgan fingerprint density at radius 2 is 1.83 bits per heavy atom. The van der Waals surface area contributed by atoms with Crippen LogP contribution in [-0.4, -0.2) is 23.2 Å². The molecule has 0 bridgehead atoms. The van der Waals surface area contributed by atoms with Gasteiger partial charge < -0.3 is 10.0 Å². The molecule has 0 saturated heterocycles. The third kappa shape index (κ3) is 4.18. The molecule has 3 rings (SSSR count). The van der Waals surface area contributed by atoms with E-state index in [-0.39, 0.29) is 12.3 Å². The Kier molecular flexibility index (Phi) is 5.50. The molecule has 1 aliphatic rings. The molecule has 1 heterocycles. The fraction of sp³-hybridized carbons (Fsp3) is 0.273. The molecule has 2 aromatic rings. The lowest BCUT2D eigenvalue weighted by molar-refractivity contribution is -0.145. The Labute approximate surface area is 166 Å². The standard InChI is InChI=1S/C22H20F3NO3/c1-13-10-14(2)19-17(11-13)16(8-9-18(21(28)29)22(23,24)25)20(27)26(19)12-15-6-4-3-5-7-15/h3-7,9-11,16H,8,12H2,1-2H3,(H,28,29)/b18-9-. The van der Waals surface area contributed by atoms with Crippen molar-refractivity contribution >= 4 is 17.6 Å². The minimum atomic E-state index is -4.98. The highest BCUT2D eigenvalue weighted by Gasteiger charge is 2.41. The van der Waals surface area contributed by atoms with Gasteiger partial charge in [-0.25, -0.2) is 4.79 Å². The molecule has 0 saturated carbocycles. The van der Waals surface area contributed by atoms with Crippen molar-refractivity contribution in [1.29, 1.82) is 0 Å². The average molecular weight is 403 g/mol. The molecule has 1 atom stereocenters. The number of amides is 1. The topological polar surface area (TPSA) is 57.6 Å². The second-order valence-corrected chi connectivity index (χ2v) is 7.14. The second-order valence-electron chi connectivity index (χ2n) is 7.14. The number of halogens is 3. The lowest BCUT2D eigenvalue weighted by Crippen LogP contribution is -2.28. The first-order valence-electron chi connectivity index (χ1n) is 9.06. The Morgan fingerprint density at radius 3 is 2.41 bits per heavy atom. The number of allylic oxidation sites excluding steroid dienone is 1. The van der Waals surface area contributed by atoms with Gasteiger partial charge in [0.05, 0.1) is 18.2 Å². The number of carboxylic acid groups (broad SMARTS) is 1. The van der Waals surface area contributed by atoms with Crippen LogP contribution in [0, 0.1) is 13.8 Å². The smallest absolute Gasteiger partial charge is 0.423 e. The van der Waals surface area contributed by atoms with Gasteiger partial charge in [-0.3, -0.25) is 4.79 Å². The van der Waals surface area contributed by atoms with Gasteiger partial charge in [0.2, 0.25) is 5.91 Å². The van der Waals surface area contributed by atoms with Gasteiger partial charge in [0.25, 0.3) is 0 Å². The molecule has 1 N–H and O–H groups in total. The molecule has 152 valence electrons. The molecule has 0 radical (unpaired) electrons. The number of carbonyl (C=O) groups is 2. The minimum Gasteiger partial charge on any atom is -0.478 e. The summed E-state index contributed by atoms with van der Waals surface area (Å²) in [6, 6.07) is 13.0. The van der Waals surface area contributed by atoms with Gasteiger partial charge in [0, 0.05) is 0 Å². The molecule has 2 aromatic carbocycles. The number of alkyl halides is 3. The van der Waals surface area contributed by atoms with Crippen LogP contribution in [-0.2, 0) is 16.1 Å². The van der Waals surface area contributed by atoms with Crippen molar-refractivity contribution < 1.29 is 27.9 Å². The average Bonchev–Trinajstić information content (AvgIpc) is 2.87. The van der Waals surface area contributed by atoms with Gasteiger partial charge in [-0.05, 0) is 37.0 Å². The van der Waals surface area contributed by atoms with Gasteiger partial charge in [-0.15, -0.1) is 0 Å². The molecule has 7 heteroatoms. The monoisotopic (exact) mass is 403 g/mol. The Morgan fingerprint density at radius 1 is 1.17 bits per heavy atom. The number of aliphatic carboxylic acids is 1. The van der Waals surface area contributed by atoms with Crippen molar-refractivity contribution in [2.45, 2.75) is 38.9 Å². The molecule has 1 unspecified atom stereocenters. The van der Waals surface area contributed by atoms with Crippen molar-refractivity contribution in [2.75, 3.05) is 4.90 Å². The van der Waals surface area contributed by atoms with Crippen LogP contribution >= 0.6 is 0 Å². The lowest BCUT2D eigenvalue weighted by atomic mass is 9.93. The number of carbonyl (C=O) groups excluding carboxylic acids is 1. The summed E-state index contributed by atoms with van der Waals surface area (Å²) in [5, 5.41) is 8.90. The highest BCUT2D eigenvalue weighted by atomic mass is 19.4. The molecule has 1 amide bonds. The minimum absolute atomic E-state index is 0.293. The van der Waals surface area contributed by atoms with Crippen LogP contribution in [0.25, 0.3) is 0 Å². The van der Waals surface area contributed by atoms with E-state index in [0.717, 1.165) is 16.7 Å². The number of hydrogen-bond donors (Lipinski definition) is 1. The van der Waals surface area contributed by atoms with E-state index >= 15 is 0 Å². The van der Waals surface area contributed by atoms with Crippen molar-refractivity contribution in [3.05, 3.63) is 76.4 Å². The molecular formula is C22H20F3NO3. The Hall–Kier alpha value is -3.09. The lowest BCUT2D eigenvalue weighted by Gasteiger charge is -2.20. The van der Waals surface area contributed by atoms with E-state index in [0.29, 0.717) is 23.9 Å². The van der Waals surface area contributed by atoms with Gasteiger partial charge in [-0.1, -0.05) is 54.1 Å². The number of nitrogens with zero attached hydrogens (tertiary/aromatic N) is 1. The number of fused-ring (bicyclic) bond motifs is 1. The summed E-state index contributed by atoms with van der Waals surface area (Å²) in [5.41, 5.74) is 2.30. The summed E-state index contributed by atoms with van der Waals surface area (Å²) < 4.78 is 39.0. The summed E-state index contributed by atoms with van der Waals surface area (Å²) in [4.78, 5) is 25.7. The van der Waals surface area contributed by atoms with Crippen molar-refractivity contribution in [2.24, 2.45) is 0 Å². The zero-order chi connectivity index (χ0) is 21.3. The summed E-state index contributed by atoms with van der Waals surface area (Å²) >= 11 is 0. The third-order valence-electron chi connectivity index (χ3n) is 4.96. The van der Waals surface area contributed by atoms with Crippen molar-refractivity contribution in [1.82, 2.24) is 0 Å². The normalized spacial score (nSPS) is 16.9. The van der Waals surface area contributed by atoms with Crippen LogP contribution in [0.1, 0.15) is 34.6 Å². The van der Waals surface area contributed by atoms with Gasteiger partial charge in [-0.2, -0.15) is 13.2 Å². The molecule has 4 nitrogen and oxygen atoms in total. The summed E-state index contributed by atoms with van der Waals surface area (Å²) in [7, 11) is 0. The van der Waals surface area contributed by atoms with Crippen LogP contribution in [0.5, 0.6) is 0 Å². The van der Waals surface area contributed by atoms with E-state index < -0.39 is 23.6 Å². The number of hydrogen-bond acceptors (Lipinski definition) is 2. The number of rotatable bonds is 5. The van der Waals surface area contributed by atoms with Crippen LogP contribution in [0.3, 0.4) is 0 Å². The zero-order valence-corrected chi connectivity index (χ0v) is 16.0. The maximum Gasteiger partial charge on any atom is 0.423 e. The number of carboxylic acids is 1. The molecule has 1 aliphatic heterocycles. The maximum atomic E-state index is 13.1. The van der Waals surface area contributed by atoms with Gasteiger partial charge in [0.1, 0.15) is 5.57 Å². The summed E-state index contributed by atoms with van der Waals surface area (Å²) in [6.45, 7) is 4.00. The summed E-state index contributed by atoms with van der Waals surface area (Å²) in [5.74, 6) is -3.24. The number of aryl methyl sites for hydroxylation is 2. The third-order valence-corrected chi connectivity index (χ3v) is 4.96. The molecule has 0 aromatic heterocycles. The van der Waals surface area contributed by atoms with E-state index in [9.17, 15) is 22.8 Å². The number of benzene rings is 2. The molecular weight excluding hydrogens is 383 g/mol. The fourth-order valence-corrected chi connectivity index (χ4v) is 3.77. The van der Waals surface area contributed by atoms with E-state index in [4.69, 9.17) is 5.11 Å². The van der Waals surface area contributed by atoms with Gasteiger partial charge >= 0.3 is 12.1 Å². The van der Waals surface area contributed by atoms with E-state index in [2.05, 4.69) is 0 Å². The first-order chi connectivity index (χ1) is 13.6. The highest BCUT2D eigenvalue weighted by Crippen LogP contribution is 2.43. The Bertz CT molecular complexity index is 981. The van der Waals surface area contributed by atoms with Crippen molar-refractivity contribution in [3.8, 4) is 0 Å². The zero-order valence-electron chi connectivity index (χ0n) is 16.0. The number of anilines is 1. The fourth-order valence-electron chi connectivity index (χ4n) is 3.77. The largest absolute Gasteiger partial charge is 0.478 e. The summed E-state index contributed by atoms with van der Waals surface area (Å²) in [6.07, 6.45) is -4.71. The van der Waals surface area contributed by atoms with Crippen molar-refractivity contribution in [3.63, 3.8) is 0 Å². The second kappa shape index (κ2) is 7.73.